The number of hydrogen-bond acceptors (Lipinski definition) is 3. The van der Waals surface area contributed by atoms with Crippen molar-refractivity contribution in [3.05, 3.63) is 41.7 Å². The maximum atomic E-state index is 11.5. The van der Waals surface area contributed by atoms with E-state index in [1.165, 1.54) is 6.20 Å². The van der Waals surface area contributed by atoms with E-state index in [-0.39, 0.29) is 0 Å². The van der Waals surface area contributed by atoms with Gasteiger partial charge in [0.05, 0.1) is 18.2 Å². The van der Waals surface area contributed by atoms with Crippen molar-refractivity contribution < 1.29 is 9.57 Å². The van der Waals surface area contributed by atoms with Gasteiger partial charge in [-0.3, -0.25) is 9.90 Å². The van der Waals surface area contributed by atoms with Gasteiger partial charge in [-0.25, -0.2) is 0 Å². The lowest BCUT2D eigenvalue weighted by Gasteiger charge is -2.17. The van der Waals surface area contributed by atoms with Crippen LogP contribution in [0.25, 0.3) is 10.9 Å². The van der Waals surface area contributed by atoms with Gasteiger partial charge < -0.3 is 5.21 Å². The Hall–Kier alpha value is -1.81. The van der Waals surface area contributed by atoms with Crippen molar-refractivity contribution in [1.82, 2.24) is 0 Å². The second-order valence-electron chi connectivity index (χ2n) is 3.22. The summed E-state index contributed by atoms with van der Waals surface area (Å²) in [6.45, 7) is 0. The van der Waals surface area contributed by atoms with Crippen molar-refractivity contribution in [2.24, 2.45) is 0 Å². The molecule has 0 saturated heterocycles. The highest BCUT2D eigenvalue weighted by atomic mass is 16.7. The fourth-order valence-corrected chi connectivity index (χ4v) is 1.56. The zero-order chi connectivity index (χ0) is 10.8. The van der Waals surface area contributed by atoms with E-state index in [1.54, 1.807) is 31.4 Å². The molecule has 0 bridgehead atoms. The minimum atomic E-state index is 0.638. The van der Waals surface area contributed by atoms with E-state index >= 15 is 0 Å². The number of anilines is 1. The van der Waals surface area contributed by atoms with Crippen LogP contribution in [0.5, 0.6) is 0 Å². The van der Waals surface area contributed by atoms with Gasteiger partial charge >= 0.3 is 0 Å². The molecule has 0 unspecified atom stereocenters. The minimum Gasteiger partial charge on any atom is -0.618 e. The number of rotatable bonds is 2. The number of pyridine rings is 1. The van der Waals surface area contributed by atoms with E-state index in [9.17, 15) is 5.21 Å². The molecule has 0 aliphatic rings. The van der Waals surface area contributed by atoms with Gasteiger partial charge in [-0.05, 0) is 6.07 Å². The Morgan fingerprint density at radius 2 is 2.00 bits per heavy atom. The minimum absolute atomic E-state index is 0.638. The second kappa shape index (κ2) is 3.74. The first-order valence-corrected chi connectivity index (χ1v) is 4.63. The third-order valence-corrected chi connectivity index (χ3v) is 2.40. The molecule has 0 atom stereocenters. The molecule has 0 saturated carbocycles. The van der Waals surface area contributed by atoms with Crippen molar-refractivity contribution >= 4 is 16.6 Å². The van der Waals surface area contributed by atoms with Crippen LogP contribution in [0.4, 0.5) is 5.69 Å². The van der Waals surface area contributed by atoms with Crippen LogP contribution in [-0.2, 0) is 4.84 Å². The summed E-state index contributed by atoms with van der Waals surface area (Å²) >= 11 is 0. The van der Waals surface area contributed by atoms with Crippen molar-refractivity contribution in [2.45, 2.75) is 0 Å². The van der Waals surface area contributed by atoms with Gasteiger partial charge in [0.1, 0.15) is 0 Å². The standard InChI is InChI=1S/C11H12N2O2/c1-12(15-2)10-7-8-13(14)11-6-4-3-5-9(10)11/h3-8H,1-2H3. The zero-order valence-corrected chi connectivity index (χ0v) is 8.68. The fourth-order valence-electron chi connectivity index (χ4n) is 1.56. The fraction of sp³-hybridized carbons (Fsp3) is 0.182. The topological polar surface area (TPSA) is 39.4 Å². The van der Waals surface area contributed by atoms with Crippen molar-refractivity contribution in [2.75, 3.05) is 19.2 Å². The number of nitrogens with zero attached hydrogens (tertiary/aromatic N) is 2. The molecule has 4 nitrogen and oxygen atoms in total. The molecule has 2 rings (SSSR count). The summed E-state index contributed by atoms with van der Waals surface area (Å²) in [5.41, 5.74) is 1.51. The van der Waals surface area contributed by atoms with Gasteiger partial charge in [0.25, 0.3) is 0 Å². The second-order valence-corrected chi connectivity index (χ2v) is 3.22. The van der Waals surface area contributed by atoms with Crippen LogP contribution in [0, 0.1) is 5.21 Å². The summed E-state index contributed by atoms with van der Waals surface area (Å²) in [7, 11) is 3.39. The van der Waals surface area contributed by atoms with Gasteiger partial charge in [0.15, 0.2) is 6.20 Å². The van der Waals surface area contributed by atoms with Crippen LogP contribution in [0.2, 0.25) is 0 Å². The van der Waals surface area contributed by atoms with Crippen molar-refractivity contribution in [3.63, 3.8) is 0 Å². The third kappa shape index (κ3) is 1.59. The molecule has 1 aromatic carbocycles. The van der Waals surface area contributed by atoms with Crippen LogP contribution >= 0.6 is 0 Å². The number of hydrogen-bond donors (Lipinski definition) is 0. The van der Waals surface area contributed by atoms with Gasteiger partial charge in [0, 0.05) is 19.2 Å². The quantitative estimate of drug-likeness (QED) is 0.422. The zero-order valence-electron chi connectivity index (χ0n) is 8.68. The summed E-state index contributed by atoms with van der Waals surface area (Å²) in [5.74, 6) is 0. The Bertz CT molecular complexity index is 485. The first-order valence-electron chi connectivity index (χ1n) is 4.63. The summed E-state index contributed by atoms with van der Waals surface area (Å²) in [6.07, 6.45) is 1.48. The summed E-state index contributed by atoms with van der Waals surface area (Å²) in [4.78, 5) is 5.11. The SMILES string of the molecule is CON(C)c1cc[n+]([O-])c2ccccc12. The first kappa shape index (κ1) is 9.73. The molecule has 1 aromatic heterocycles. The molecule has 1 heterocycles. The Morgan fingerprint density at radius 1 is 1.27 bits per heavy atom. The molecule has 4 heteroatoms. The molecule has 0 aliphatic heterocycles. The van der Waals surface area contributed by atoms with Gasteiger partial charge in [-0.1, -0.05) is 12.1 Å². The number of aromatic nitrogens is 1. The van der Waals surface area contributed by atoms with E-state index in [0.29, 0.717) is 5.52 Å². The normalized spacial score (nSPS) is 10.5. The van der Waals surface area contributed by atoms with Crippen LogP contribution in [0.3, 0.4) is 0 Å². The van der Waals surface area contributed by atoms with E-state index < -0.39 is 0 Å². The van der Waals surface area contributed by atoms with E-state index in [0.717, 1.165) is 15.8 Å². The van der Waals surface area contributed by atoms with Gasteiger partial charge in [0.2, 0.25) is 5.52 Å². The Morgan fingerprint density at radius 3 is 2.73 bits per heavy atom. The molecule has 0 fully saturated rings. The summed E-state index contributed by atoms with van der Waals surface area (Å²) < 4.78 is 0.850. The Labute approximate surface area is 87.8 Å². The molecule has 0 N–H and O–H groups in total. The molecule has 0 spiro atoms. The number of benzene rings is 1. The average Bonchev–Trinajstić information content (AvgIpc) is 2.29. The Kier molecular flexibility index (Phi) is 2.43. The highest BCUT2D eigenvalue weighted by Crippen LogP contribution is 2.22. The lowest BCUT2D eigenvalue weighted by atomic mass is 10.2. The average molecular weight is 204 g/mol. The maximum Gasteiger partial charge on any atom is 0.225 e. The number of fused-ring (bicyclic) bond motifs is 1. The van der Waals surface area contributed by atoms with Gasteiger partial charge in [-0.15, -0.1) is 0 Å². The molecule has 2 aromatic rings. The van der Waals surface area contributed by atoms with E-state index in [4.69, 9.17) is 4.84 Å². The highest BCUT2D eigenvalue weighted by Gasteiger charge is 2.10. The molecule has 0 aliphatic carbocycles. The molecule has 0 radical (unpaired) electrons. The number of hydroxylamine groups is 1. The maximum absolute atomic E-state index is 11.5. The largest absolute Gasteiger partial charge is 0.618 e. The van der Waals surface area contributed by atoms with Crippen molar-refractivity contribution in [1.29, 1.82) is 0 Å². The highest BCUT2D eigenvalue weighted by molar-refractivity contribution is 5.88. The predicted octanol–water partition coefficient (Wildman–Crippen LogP) is 1.47. The lowest BCUT2D eigenvalue weighted by Crippen LogP contribution is -2.27. The van der Waals surface area contributed by atoms with E-state index in [2.05, 4.69) is 0 Å². The van der Waals surface area contributed by atoms with Crippen LogP contribution in [0.15, 0.2) is 36.5 Å². The van der Waals surface area contributed by atoms with Crippen LogP contribution in [0.1, 0.15) is 0 Å². The van der Waals surface area contributed by atoms with Crippen LogP contribution in [-0.4, -0.2) is 14.2 Å². The first-order chi connectivity index (χ1) is 7.24. The summed E-state index contributed by atoms with van der Waals surface area (Å²) in [6, 6.07) is 9.16. The monoisotopic (exact) mass is 204 g/mol. The van der Waals surface area contributed by atoms with Crippen LogP contribution < -0.4 is 9.79 Å². The molecular formula is C11H12N2O2. The third-order valence-electron chi connectivity index (χ3n) is 2.40. The van der Waals surface area contributed by atoms with Crippen molar-refractivity contribution in [3.8, 4) is 0 Å². The predicted molar refractivity (Wildman–Crippen MR) is 58.3 cm³/mol. The van der Waals surface area contributed by atoms with Gasteiger partial charge in [-0.2, -0.15) is 4.73 Å². The lowest BCUT2D eigenvalue weighted by molar-refractivity contribution is -0.576. The molecule has 15 heavy (non-hydrogen) atoms. The Balaban J connectivity index is 2.71. The smallest absolute Gasteiger partial charge is 0.225 e. The molecule has 0 amide bonds. The molecule has 78 valence electrons. The number of para-hydroxylation sites is 1. The van der Waals surface area contributed by atoms with E-state index in [1.807, 2.05) is 18.2 Å². The summed E-state index contributed by atoms with van der Waals surface area (Å²) in [5, 5.41) is 14.0. The molecular weight excluding hydrogens is 192 g/mol.